The molecule has 0 N–H and O–H groups in total. The third kappa shape index (κ3) is 2.95. The van der Waals surface area contributed by atoms with Crippen LogP contribution >= 0.6 is 0 Å². The largest absolute Gasteiger partial charge is 0.497 e. The maximum absolute atomic E-state index is 12.4. The highest BCUT2D eigenvalue weighted by molar-refractivity contribution is 6.24. The molecule has 2 aromatic rings. The normalized spacial score (nSPS) is 18.9. The number of carbonyl (C=O) groups is 2. The quantitative estimate of drug-likeness (QED) is 0.827. The van der Waals surface area contributed by atoms with Gasteiger partial charge in [-0.05, 0) is 37.3 Å². The van der Waals surface area contributed by atoms with Crippen LogP contribution in [0.4, 0.5) is 4.79 Å². The first-order chi connectivity index (χ1) is 13.1. The summed E-state index contributed by atoms with van der Waals surface area (Å²) in [5, 5.41) is 3.99. The summed E-state index contributed by atoms with van der Waals surface area (Å²) in [6, 6.07) is 6.73. The molecule has 27 heavy (non-hydrogen) atoms. The number of allylic oxidation sites excluding steroid dienone is 3. The average molecular weight is 364 g/mol. The second-order valence-electron chi connectivity index (χ2n) is 5.99. The highest BCUT2D eigenvalue weighted by Gasteiger charge is 2.36. The van der Waals surface area contributed by atoms with Crippen LogP contribution < -0.4 is 4.74 Å². The molecule has 1 aromatic carbocycles. The van der Waals surface area contributed by atoms with Crippen molar-refractivity contribution in [2.45, 2.75) is 6.92 Å². The van der Waals surface area contributed by atoms with Gasteiger partial charge in [0.15, 0.2) is 0 Å². The molecule has 2 aliphatic rings. The van der Waals surface area contributed by atoms with Gasteiger partial charge in [0, 0.05) is 17.7 Å². The molecule has 4 rings (SSSR count). The van der Waals surface area contributed by atoms with E-state index in [1.807, 2.05) is 24.3 Å². The Labute approximate surface area is 154 Å². The Morgan fingerprint density at radius 1 is 1.22 bits per heavy atom. The number of hydrogen-bond acceptors (Lipinski definition) is 6. The van der Waals surface area contributed by atoms with E-state index in [2.05, 4.69) is 15.1 Å². The number of benzene rings is 1. The van der Waals surface area contributed by atoms with Crippen LogP contribution in [0, 0.1) is 5.92 Å². The SMILES string of the molecule is CCN1C(=O)N=C2C=C(c3nc(-c4ccc(OC)cc4)no3)C=CC2C1=O. The van der Waals surface area contributed by atoms with Gasteiger partial charge in [-0.15, -0.1) is 0 Å². The molecule has 0 saturated heterocycles. The van der Waals surface area contributed by atoms with Gasteiger partial charge in [-0.1, -0.05) is 17.3 Å². The number of fused-ring (bicyclic) bond motifs is 1. The van der Waals surface area contributed by atoms with E-state index in [1.165, 1.54) is 0 Å². The fourth-order valence-corrected chi connectivity index (χ4v) is 2.96. The molecule has 0 radical (unpaired) electrons. The summed E-state index contributed by atoms with van der Waals surface area (Å²) in [6.07, 6.45) is 5.07. The predicted molar refractivity (Wildman–Crippen MR) is 97.1 cm³/mol. The smallest absolute Gasteiger partial charge is 0.350 e. The summed E-state index contributed by atoms with van der Waals surface area (Å²) in [5.41, 5.74) is 1.77. The molecule has 1 aliphatic carbocycles. The average Bonchev–Trinajstić information content (AvgIpc) is 3.18. The number of carbonyl (C=O) groups excluding carboxylic acids is 2. The molecule has 2 heterocycles. The number of nitrogens with zero attached hydrogens (tertiary/aromatic N) is 4. The number of hydrogen-bond donors (Lipinski definition) is 0. The third-order valence-electron chi connectivity index (χ3n) is 4.42. The van der Waals surface area contributed by atoms with Crippen LogP contribution in [0.25, 0.3) is 17.0 Å². The summed E-state index contributed by atoms with van der Waals surface area (Å²) >= 11 is 0. The standard InChI is InChI=1S/C19H16N4O4/c1-3-23-18(24)14-9-6-12(10-15(14)20-19(23)25)17-21-16(22-27-17)11-4-7-13(26-2)8-5-11/h4-10,14H,3H2,1-2H3. The monoisotopic (exact) mass is 364 g/mol. The molecular weight excluding hydrogens is 348 g/mol. The lowest BCUT2D eigenvalue weighted by Crippen LogP contribution is -2.45. The van der Waals surface area contributed by atoms with E-state index in [9.17, 15) is 9.59 Å². The molecule has 3 amide bonds. The minimum absolute atomic E-state index is 0.275. The van der Waals surface area contributed by atoms with Crippen molar-refractivity contribution in [1.29, 1.82) is 0 Å². The molecule has 8 heteroatoms. The second-order valence-corrected chi connectivity index (χ2v) is 5.99. The lowest BCUT2D eigenvalue weighted by molar-refractivity contribution is -0.129. The van der Waals surface area contributed by atoms with Gasteiger partial charge < -0.3 is 9.26 Å². The summed E-state index contributed by atoms with van der Waals surface area (Å²) in [5.74, 6) is 0.617. The van der Waals surface area contributed by atoms with Gasteiger partial charge in [-0.2, -0.15) is 9.98 Å². The zero-order chi connectivity index (χ0) is 19.0. The van der Waals surface area contributed by atoms with Crippen molar-refractivity contribution in [2.75, 3.05) is 13.7 Å². The van der Waals surface area contributed by atoms with Gasteiger partial charge in [0.2, 0.25) is 11.7 Å². The van der Waals surface area contributed by atoms with Gasteiger partial charge in [0.05, 0.1) is 18.7 Å². The van der Waals surface area contributed by atoms with E-state index in [0.29, 0.717) is 23.7 Å². The highest BCUT2D eigenvalue weighted by atomic mass is 16.5. The first kappa shape index (κ1) is 16.9. The molecule has 0 bridgehead atoms. The topological polar surface area (TPSA) is 97.9 Å². The van der Waals surface area contributed by atoms with Gasteiger partial charge >= 0.3 is 6.03 Å². The number of imide groups is 1. The molecule has 0 saturated carbocycles. The van der Waals surface area contributed by atoms with E-state index in [-0.39, 0.29) is 11.8 Å². The maximum atomic E-state index is 12.4. The van der Waals surface area contributed by atoms with E-state index in [1.54, 1.807) is 32.3 Å². The molecule has 136 valence electrons. The van der Waals surface area contributed by atoms with Crippen LogP contribution in [-0.4, -0.2) is 46.3 Å². The summed E-state index contributed by atoms with van der Waals surface area (Å²) in [4.78, 5) is 33.9. The Balaban J connectivity index is 1.63. The first-order valence-electron chi connectivity index (χ1n) is 8.43. The van der Waals surface area contributed by atoms with Crippen molar-refractivity contribution >= 4 is 23.2 Å². The minimum Gasteiger partial charge on any atom is -0.497 e. The second kappa shape index (κ2) is 6.64. The molecule has 1 aliphatic heterocycles. The number of methoxy groups -OCH3 is 1. The lowest BCUT2D eigenvalue weighted by atomic mass is 9.92. The maximum Gasteiger partial charge on any atom is 0.350 e. The van der Waals surface area contributed by atoms with Crippen molar-refractivity contribution in [3.8, 4) is 17.1 Å². The summed E-state index contributed by atoms with van der Waals surface area (Å²) in [7, 11) is 1.60. The van der Waals surface area contributed by atoms with Gasteiger partial charge in [-0.3, -0.25) is 9.69 Å². The fourth-order valence-electron chi connectivity index (χ4n) is 2.96. The third-order valence-corrected chi connectivity index (χ3v) is 4.42. The minimum atomic E-state index is -0.560. The number of urea groups is 1. The fraction of sp³-hybridized carbons (Fsp3) is 0.211. The van der Waals surface area contributed by atoms with Gasteiger partial charge in [0.25, 0.3) is 5.89 Å². The van der Waals surface area contributed by atoms with Crippen molar-refractivity contribution in [3.63, 3.8) is 0 Å². The Kier molecular flexibility index (Phi) is 4.15. The summed E-state index contributed by atoms with van der Waals surface area (Å²) < 4.78 is 10.5. The highest BCUT2D eigenvalue weighted by Crippen LogP contribution is 2.28. The Hall–Kier alpha value is -3.55. The number of amides is 3. The van der Waals surface area contributed by atoms with Crippen LogP contribution in [0.15, 0.2) is 52.0 Å². The van der Waals surface area contributed by atoms with Crippen molar-refractivity contribution in [2.24, 2.45) is 10.9 Å². The lowest BCUT2D eigenvalue weighted by Gasteiger charge is -2.27. The molecular formula is C19H16N4O4. The molecule has 1 unspecified atom stereocenters. The van der Waals surface area contributed by atoms with Gasteiger partial charge in [-0.25, -0.2) is 4.79 Å². The molecule has 0 spiro atoms. The molecule has 1 atom stereocenters. The first-order valence-corrected chi connectivity index (χ1v) is 8.43. The van der Waals surface area contributed by atoms with E-state index < -0.39 is 11.9 Å². The zero-order valence-corrected chi connectivity index (χ0v) is 14.7. The molecule has 0 fully saturated rings. The van der Waals surface area contributed by atoms with E-state index >= 15 is 0 Å². The molecule has 1 aromatic heterocycles. The number of ether oxygens (including phenoxy) is 1. The number of aromatic nitrogens is 2. The number of aliphatic imine (C=N–C) groups is 1. The van der Waals surface area contributed by atoms with Crippen LogP contribution in [-0.2, 0) is 4.79 Å². The Morgan fingerprint density at radius 3 is 2.70 bits per heavy atom. The van der Waals surface area contributed by atoms with Crippen LogP contribution in [0.5, 0.6) is 5.75 Å². The van der Waals surface area contributed by atoms with Crippen molar-refractivity contribution in [1.82, 2.24) is 15.0 Å². The van der Waals surface area contributed by atoms with Gasteiger partial charge in [0.1, 0.15) is 5.75 Å². The number of rotatable bonds is 4. The summed E-state index contributed by atoms with van der Waals surface area (Å²) in [6.45, 7) is 2.04. The van der Waals surface area contributed by atoms with Crippen molar-refractivity contribution < 1.29 is 18.8 Å². The Bertz CT molecular complexity index is 1000. The predicted octanol–water partition coefficient (Wildman–Crippen LogP) is 2.74. The van der Waals surface area contributed by atoms with Crippen LogP contribution in [0.3, 0.4) is 0 Å². The van der Waals surface area contributed by atoms with E-state index in [4.69, 9.17) is 9.26 Å². The molecule has 8 nitrogen and oxygen atoms in total. The van der Waals surface area contributed by atoms with Crippen molar-refractivity contribution in [3.05, 3.63) is 48.4 Å². The zero-order valence-electron chi connectivity index (χ0n) is 14.7. The Morgan fingerprint density at radius 2 is 2.00 bits per heavy atom. The van der Waals surface area contributed by atoms with E-state index in [0.717, 1.165) is 16.2 Å². The van der Waals surface area contributed by atoms with Crippen LogP contribution in [0.1, 0.15) is 12.8 Å². The van der Waals surface area contributed by atoms with Crippen LogP contribution in [0.2, 0.25) is 0 Å².